The van der Waals surface area contributed by atoms with Crippen LogP contribution in [0.2, 0.25) is 0 Å². The van der Waals surface area contributed by atoms with Crippen molar-refractivity contribution in [3.8, 4) is 0 Å². The second kappa shape index (κ2) is 5.83. The summed E-state index contributed by atoms with van der Waals surface area (Å²) in [7, 11) is 0. The number of rotatable bonds is 3. The van der Waals surface area contributed by atoms with E-state index < -0.39 is 0 Å². The number of carbonyl (C=O) groups excluding carboxylic acids is 1. The number of hydrogen-bond donors (Lipinski definition) is 0. The summed E-state index contributed by atoms with van der Waals surface area (Å²) in [6.45, 7) is 1.86. The lowest BCUT2D eigenvalue weighted by Gasteiger charge is -2.32. The van der Waals surface area contributed by atoms with Crippen molar-refractivity contribution in [2.24, 2.45) is 0 Å². The van der Waals surface area contributed by atoms with Gasteiger partial charge >= 0.3 is 0 Å². The Morgan fingerprint density at radius 1 is 1.13 bits per heavy atom. The third-order valence-electron chi connectivity index (χ3n) is 4.44. The second-order valence-corrected chi connectivity index (χ2v) is 5.83. The van der Waals surface area contributed by atoms with Crippen LogP contribution in [0.1, 0.15) is 24.5 Å². The number of hydrogen-bond acceptors (Lipinski definition) is 4. The van der Waals surface area contributed by atoms with Gasteiger partial charge in [-0.05, 0) is 25.0 Å². The first-order chi connectivity index (χ1) is 11.3. The molecule has 0 bridgehead atoms. The highest BCUT2D eigenvalue weighted by Gasteiger charge is 2.25. The molecule has 0 N–H and O–H groups in total. The van der Waals surface area contributed by atoms with E-state index in [1.54, 1.807) is 17.1 Å². The Morgan fingerprint density at radius 3 is 2.78 bits per heavy atom. The molecule has 4 heterocycles. The number of carbonyl (C=O) groups is 1. The molecule has 1 aliphatic heterocycles. The molecule has 118 valence electrons. The summed E-state index contributed by atoms with van der Waals surface area (Å²) in [5.74, 6) is 0.542. The fourth-order valence-electron chi connectivity index (χ4n) is 3.22. The number of nitrogens with zero attached hydrogens (tertiary/aromatic N) is 6. The molecule has 7 heteroatoms. The van der Waals surface area contributed by atoms with Crippen LogP contribution in [-0.2, 0) is 11.3 Å². The van der Waals surface area contributed by atoms with Gasteiger partial charge in [-0.3, -0.25) is 9.48 Å². The summed E-state index contributed by atoms with van der Waals surface area (Å²) in [5, 5.41) is 8.45. The molecule has 0 spiro atoms. The minimum Gasteiger partial charge on any atom is -0.341 e. The van der Waals surface area contributed by atoms with E-state index in [0.29, 0.717) is 12.5 Å². The largest absolute Gasteiger partial charge is 0.341 e. The van der Waals surface area contributed by atoms with E-state index >= 15 is 0 Å². The minimum atomic E-state index is 0.131. The zero-order valence-corrected chi connectivity index (χ0v) is 12.7. The van der Waals surface area contributed by atoms with E-state index in [2.05, 4.69) is 15.2 Å². The van der Waals surface area contributed by atoms with Gasteiger partial charge in [0.05, 0.1) is 6.20 Å². The van der Waals surface area contributed by atoms with E-state index in [1.165, 1.54) is 5.69 Å². The maximum atomic E-state index is 12.3. The Balaban J connectivity index is 1.43. The van der Waals surface area contributed by atoms with Gasteiger partial charge in [-0.1, -0.05) is 0 Å². The van der Waals surface area contributed by atoms with E-state index in [4.69, 9.17) is 0 Å². The monoisotopic (exact) mass is 310 g/mol. The van der Waals surface area contributed by atoms with Crippen LogP contribution in [0.5, 0.6) is 0 Å². The highest BCUT2D eigenvalue weighted by molar-refractivity contribution is 5.76. The lowest BCUT2D eigenvalue weighted by atomic mass is 9.93. The SMILES string of the molecule is O=C(Cn1cccn1)N1CCC(c2ccnc3ccnn23)CC1. The molecule has 23 heavy (non-hydrogen) atoms. The van der Waals surface area contributed by atoms with Crippen LogP contribution in [0.4, 0.5) is 0 Å². The number of fused-ring (bicyclic) bond motifs is 1. The Kier molecular flexibility index (Phi) is 3.53. The normalized spacial score (nSPS) is 16.1. The van der Waals surface area contributed by atoms with Crippen molar-refractivity contribution in [3.05, 3.63) is 48.7 Å². The van der Waals surface area contributed by atoms with Crippen molar-refractivity contribution < 1.29 is 4.79 Å². The fourth-order valence-corrected chi connectivity index (χ4v) is 3.22. The van der Waals surface area contributed by atoms with Gasteiger partial charge in [-0.25, -0.2) is 9.50 Å². The first-order valence-electron chi connectivity index (χ1n) is 7.85. The number of piperidine rings is 1. The maximum Gasteiger partial charge on any atom is 0.244 e. The molecule has 3 aromatic heterocycles. The molecule has 0 radical (unpaired) electrons. The van der Waals surface area contributed by atoms with Gasteiger partial charge in [-0.15, -0.1) is 0 Å². The Morgan fingerprint density at radius 2 is 2.00 bits per heavy atom. The standard InChI is InChI=1S/C16H18N6O/c23-16(12-21-9-1-6-18-21)20-10-4-13(5-11-20)14-2-7-17-15-3-8-19-22(14)15/h1-3,6-9,13H,4-5,10-12H2. The molecule has 1 fully saturated rings. The predicted molar refractivity (Wildman–Crippen MR) is 83.8 cm³/mol. The van der Waals surface area contributed by atoms with Gasteiger partial charge in [0.15, 0.2) is 5.65 Å². The Hall–Kier alpha value is -2.70. The van der Waals surface area contributed by atoms with Crippen LogP contribution >= 0.6 is 0 Å². The van der Waals surface area contributed by atoms with Crippen molar-refractivity contribution in [1.29, 1.82) is 0 Å². The van der Waals surface area contributed by atoms with E-state index in [9.17, 15) is 4.79 Å². The topological polar surface area (TPSA) is 68.3 Å². The van der Waals surface area contributed by atoms with E-state index in [-0.39, 0.29) is 5.91 Å². The summed E-state index contributed by atoms with van der Waals surface area (Å²) >= 11 is 0. The molecule has 0 unspecified atom stereocenters. The molecule has 1 saturated heterocycles. The van der Waals surface area contributed by atoms with Gasteiger partial charge < -0.3 is 4.90 Å². The number of aromatic nitrogens is 5. The summed E-state index contributed by atoms with van der Waals surface area (Å²) in [6.07, 6.45) is 9.01. The molecule has 1 amide bonds. The predicted octanol–water partition coefficient (Wildman–Crippen LogP) is 1.33. The molecule has 3 aromatic rings. The minimum absolute atomic E-state index is 0.131. The molecular weight excluding hydrogens is 292 g/mol. The van der Waals surface area contributed by atoms with Gasteiger partial charge in [0.25, 0.3) is 0 Å². The summed E-state index contributed by atoms with van der Waals surface area (Å²) in [5.41, 5.74) is 2.05. The summed E-state index contributed by atoms with van der Waals surface area (Å²) < 4.78 is 3.58. The van der Waals surface area contributed by atoms with Crippen molar-refractivity contribution >= 4 is 11.6 Å². The molecule has 7 nitrogen and oxygen atoms in total. The molecular formula is C16H18N6O. The lowest BCUT2D eigenvalue weighted by molar-refractivity contribution is -0.133. The van der Waals surface area contributed by atoms with Gasteiger partial charge in [0.1, 0.15) is 6.54 Å². The van der Waals surface area contributed by atoms with E-state index in [1.807, 2.05) is 40.0 Å². The van der Waals surface area contributed by atoms with Crippen molar-refractivity contribution in [2.45, 2.75) is 25.3 Å². The van der Waals surface area contributed by atoms with Crippen molar-refractivity contribution in [2.75, 3.05) is 13.1 Å². The second-order valence-electron chi connectivity index (χ2n) is 5.83. The highest BCUT2D eigenvalue weighted by Crippen LogP contribution is 2.27. The summed E-state index contributed by atoms with van der Waals surface area (Å²) in [4.78, 5) is 18.6. The Bertz CT molecular complexity index is 801. The van der Waals surface area contributed by atoms with Gasteiger partial charge in [0, 0.05) is 49.4 Å². The van der Waals surface area contributed by atoms with E-state index in [0.717, 1.165) is 31.6 Å². The molecule has 0 saturated carbocycles. The number of likely N-dealkylation sites (tertiary alicyclic amines) is 1. The smallest absolute Gasteiger partial charge is 0.244 e. The third kappa shape index (κ3) is 2.69. The molecule has 1 aliphatic rings. The fraction of sp³-hybridized carbons (Fsp3) is 0.375. The van der Waals surface area contributed by atoms with Crippen LogP contribution in [0, 0.1) is 0 Å². The maximum absolute atomic E-state index is 12.3. The van der Waals surface area contributed by atoms with Crippen LogP contribution in [0.3, 0.4) is 0 Å². The first kappa shape index (κ1) is 13.9. The number of amides is 1. The first-order valence-corrected chi connectivity index (χ1v) is 7.85. The molecule has 0 aromatic carbocycles. The molecule has 0 atom stereocenters. The zero-order valence-electron chi connectivity index (χ0n) is 12.7. The van der Waals surface area contributed by atoms with Gasteiger partial charge in [-0.2, -0.15) is 10.2 Å². The van der Waals surface area contributed by atoms with Crippen LogP contribution in [-0.4, -0.2) is 48.3 Å². The highest BCUT2D eigenvalue weighted by atomic mass is 16.2. The van der Waals surface area contributed by atoms with Crippen molar-refractivity contribution in [3.63, 3.8) is 0 Å². The van der Waals surface area contributed by atoms with Crippen LogP contribution in [0.25, 0.3) is 5.65 Å². The molecule has 4 rings (SSSR count). The quantitative estimate of drug-likeness (QED) is 0.732. The van der Waals surface area contributed by atoms with Crippen LogP contribution < -0.4 is 0 Å². The molecule has 0 aliphatic carbocycles. The van der Waals surface area contributed by atoms with Crippen molar-refractivity contribution in [1.82, 2.24) is 29.3 Å². The zero-order chi connectivity index (χ0) is 15.6. The Labute approximate surface area is 133 Å². The average Bonchev–Trinajstić information content (AvgIpc) is 3.25. The van der Waals surface area contributed by atoms with Gasteiger partial charge in [0.2, 0.25) is 5.91 Å². The lowest BCUT2D eigenvalue weighted by Crippen LogP contribution is -2.40. The van der Waals surface area contributed by atoms with Crippen LogP contribution in [0.15, 0.2) is 43.0 Å². The average molecular weight is 310 g/mol. The third-order valence-corrected chi connectivity index (χ3v) is 4.44. The summed E-state index contributed by atoms with van der Waals surface area (Å²) in [6, 6.07) is 5.77.